The first-order valence-corrected chi connectivity index (χ1v) is 6.71. The van der Waals surface area contributed by atoms with Crippen LogP contribution in [0.25, 0.3) is 0 Å². The van der Waals surface area contributed by atoms with Crippen molar-refractivity contribution >= 4 is 23.0 Å². The fourth-order valence-electron chi connectivity index (χ4n) is 2.09. The molecule has 3 rings (SSSR count). The summed E-state index contributed by atoms with van der Waals surface area (Å²) in [7, 11) is 0. The maximum atomic E-state index is 11.7. The van der Waals surface area contributed by atoms with Crippen molar-refractivity contribution in [3.8, 4) is 0 Å². The minimum Gasteiger partial charge on any atom is -0.324 e. The van der Waals surface area contributed by atoms with Gasteiger partial charge in [-0.3, -0.25) is 15.2 Å². The quantitative estimate of drug-likeness (QED) is 0.753. The molecule has 3 N–H and O–H groups in total. The Morgan fingerprint density at radius 3 is 2.81 bits per heavy atom. The topological polar surface area (TPSA) is 78.4 Å². The van der Waals surface area contributed by atoms with E-state index in [2.05, 4.69) is 26.4 Å². The molecule has 2 aromatic rings. The number of aromatic nitrogens is 1. The molecule has 1 aliphatic heterocycles. The van der Waals surface area contributed by atoms with Crippen molar-refractivity contribution in [1.82, 2.24) is 10.5 Å². The zero-order valence-electron chi connectivity index (χ0n) is 11.3. The summed E-state index contributed by atoms with van der Waals surface area (Å²) in [6.45, 7) is 0. The van der Waals surface area contributed by atoms with E-state index in [4.69, 9.17) is 0 Å². The molecule has 6 heteroatoms. The number of carbonyl (C=O) groups is 1. The molecule has 0 aliphatic carbocycles. The van der Waals surface area contributed by atoms with Crippen molar-refractivity contribution < 1.29 is 4.79 Å². The van der Waals surface area contributed by atoms with Crippen LogP contribution in [0.4, 0.5) is 11.4 Å². The summed E-state index contributed by atoms with van der Waals surface area (Å²) in [6, 6.07) is 13.3. The molecule has 1 amide bonds. The Balaban J connectivity index is 1.78. The first kappa shape index (κ1) is 13.1. The molecule has 1 aromatic carbocycles. The molecule has 0 spiro atoms. The van der Waals surface area contributed by atoms with Crippen LogP contribution in [0.5, 0.6) is 0 Å². The minimum atomic E-state index is -0.0227. The zero-order valence-corrected chi connectivity index (χ0v) is 11.3. The number of nitrogens with zero attached hydrogens (tertiary/aromatic N) is 2. The maximum absolute atomic E-state index is 11.7. The van der Waals surface area contributed by atoms with Gasteiger partial charge in [-0.15, -0.1) is 0 Å². The molecule has 0 radical (unpaired) electrons. The number of para-hydroxylation sites is 1. The lowest BCUT2D eigenvalue weighted by atomic mass is 10.1. The van der Waals surface area contributed by atoms with Crippen LogP contribution in [0.15, 0.2) is 53.8 Å². The predicted octanol–water partition coefficient (Wildman–Crippen LogP) is 2.13. The van der Waals surface area contributed by atoms with Crippen molar-refractivity contribution in [3.63, 3.8) is 0 Å². The predicted molar refractivity (Wildman–Crippen MR) is 81.8 cm³/mol. The van der Waals surface area contributed by atoms with Gasteiger partial charge in [0.05, 0.1) is 17.1 Å². The molecule has 0 saturated heterocycles. The van der Waals surface area contributed by atoms with Gasteiger partial charge in [-0.05, 0) is 24.3 Å². The number of rotatable bonds is 3. The Hall–Kier alpha value is -2.89. The van der Waals surface area contributed by atoms with Crippen LogP contribution >= 0.6 is 0 Å². The van der Waals surface area contributed by atoms with E-state index >= 15 is 0 Å². The van der Waals surface area contributed by atoms with E-state index in [1.807, 2.05) is 36.4 Å². The van der Waals surface area contributed by atoms with E-state index in [-0.39, 0.29) is 5.91 Å². The highest BCUT2D eigenvalue weighted by Gasteiger charge is 2.18. The van der Waals surface area contributed by atoms with Gasteiger partial charge in [0.1, 0.15) is 5.69 Å². The zero-order chi connectivity index (χ0) is 14.5. The van der Waals surface area contributed by atoms with Crippen LogP contribution in [-0.4, -0.2) is 16.6 Å². The van der Waals surface area contributed by atoms with Gasteiger partial charge in [0.15, 0.2) is 0 Å². The fraction of sp³-hybridized carbons (Fsp3) is 0.133. The summed E-state index contributed by atoms with van der Waals surface area (Å²) in [5, 5.41) is 7.15. The summed E-state index contributed by atoms with van der Waals surface area (Å²) in [6.07, 6.45) is 2.62. The largest absolute Gasteiger partial charge is 0.324 e. The van der Waals surface area contributed by atoms with E-state index < -0.39 is 0 Å². The molecule has 0 saturated carbocycles. The van der Waals surface area contributed by atoms with E-state index in [9.17, 15) is 4.79 Å². The molecule has 0 fully saturated rings. The number of carbonyl (C=O) groups excluding carboxylic acids is 1. The third kappa shape index (κ3) is 3.17. The van der Waals surface area contributed by atoms with Gasteiger partial charge in [-0.2, -0.15) is 5.10 Å². The normalized spacial score (nSPS) is 15.8. The van der Waals surface area contributed by atoms with Gasteiger partial charge in [-0.25, -0.2) is 5.53 Å². The smallest absolute Gasteiger partial charge is 0.224 e. The third-order valence-electron chi connectivity index (χ3n) is 3.11. The van der Waals surface area contributed by atoms with Crippen LogP contribution in [0.1, 0.15) is 18.5 Å². The second kappa shape index (κ2) is 6.04. The summed E-state index contributed by atoms with van der Waals surface area (Å²) in [4.78, 5) is 16.0. The van der Waals surface area contributed by atoms with Crippen molar-refractivity contribution in [2.24, 2.45) is 5.10 Å². The molecule has 21 heavy (non-hydrogen) atoms. The monoisotopic (exact) mass is 281 g/mol. The number of hydrazone groups is 1. The van der Waals surface area contributed by atoms with Crippen LogP contribution in [0.2, 0.25) is 0 Å². The van der Waals surface area contributed by atoms with Gasteiger partial charge in [-0.1, -0.05) is 18.2 Å². The summed E-state index contributed by atoms with van der Waals surface area (Å²) in [5.41, 5.74) is 8.84. The van der Waals surface area contributed by atoms with Crippen molar-refractivity contribution in [3.05, 3.63) is 54.4 Å². The molecule has 6 nitrogen and oxygen atoms in total. The fourth-order valence-corrected chi connectivity index (χ4v) is 2.09. The van der Waals surface area contributed by atoms with E-state index in [0.717, 1.165) is 11.4 Å². The van der Waals surface area contributed by atoms with Crippen molar-refractivity contribution in [2.75, 3.05) is 10.7 Å². The number of hydrazine groups is 1. The third-order valence-corrected chi connectivity index (χ3v) is 3.11. The first-order chi connectivity index (χ1) is 10.3. The number of fused-ring (bicyclic) bond motifs is 1. The number of amides is 1. The lowest BCUT2D eigenvalue weighted by Crippen LogP contribution is -2.18. The van der Waals surface area contributed by atoms with Gasteiger partial charge in [0.25, 0.3) is 0 Å². The van der Waals surface area contributed by atoms with Gasteiger partial charge < -0.3 is 5.32 Å². The number of nitrogens with one attached hydrogen (secondary N) is 3. The average Bonchev–Trinajstić information content (AvgIpc) is 2.67. The Bertz CT molecular complexity index is 669. The molecular weight excluding hydrogens is 266 g/mol. The second-order valence-electron chi connectivity index (χ2n) is 4.61. The lowest BCUT2D eigenvalue weighted by Gasteiger charge is -2.08. The van der Waals surface area contributed by atoms with E-state index in [1.165, 1.54) is 0 Å². The molecular formula is C15H15N5O. The molecule has 0 bridgehead atoms. The minimum absolute atomic E-state index is 0.0227. The highest BCUT2D eigenvalue weighted by molar-refractivity contribution is 6.10. The summed E-state index contributed by atoms with van der Waals surface area (Å²) < 4.78 is 0. The number of benzene rings is 1. The second-order valence-corrected chi connectivity index (χ2v) is 4.61. The molecule has 1 aromatic heterocycles. The molecule has 0 atom stereocenters. The Morgan fingerprint density at radius 1 is 1.10 bits per heavy atom. The Morgan fingerprint density at radius 2 is 1.95 bits per heavy atom. The number of hydrogen-bond acceptors (Lipinski definition) is 5. The van der Waals surface area contributed by atoms with Crippen LogP contribution in [-0.2, 0) is 4.79 Å². The summed E-state index contributed by atoms with van der Waals surface area (Å²) in [5.74, 6) is -0.0227. The van der Waals surface area contributed by atoms with Gasteiger partial charge in [0.2, 0.25) is 5.91 Å². The molecule has 2 heterocycles. The Labute approximate surface area is 122 Å². The number of hydrogen-bond donors (Lipinski definition) is 3. The van der Waals surface area contributed by atoms with Crippen LogP contribution < -0.4 is 16.3 Å². The molecule has 106 valence electrons. The van der Waals surface area contributed by atoms with E-state index in [0.29, 0.717) is 24.2 Å². The molecule has 0 unspecified atom stereocenters. The number of pyridine rings is 1. The highest BCUT2D eigenvalue weighted by Crippen LogP contribution is 2.19. The van der Waals surface area contributed by atoms with Crippen molar-refractivity contribution in [2.45, 2.75) is 12.8 Å². The van der Waals surface area contributed by atoms with Crippen molar-refractivity contribution in [1.29, 1.82) is 0 Å². The summed E-state index contributed by atoms with van der Waals surface area (Å²) >= 11 is 0. The van der Waals surface area contributed by atoms with Crippen LogP contribution in [0, 0.1) is 0 Å². The van der Waals surface area contributed by atoms with Crippen LogP contribution in [0.3, 0.4) is 0 Å². The SMILES string of the molecule is O=C1CCC(=NNNc2ccccc2)c2ncccc2N1. The Kier molecular flexibility index (Phi) is 3.77. The van der Waals surface area contributed by atoms with E-state index in [1.54, 1.807) is 12.3 Å². The average molecular weight is 281 g/mol. The van der Waals surface area contributed by atoms with Gasteiger partial charge in [0, 0.05) is 19.0 Å². The van der Waals surface area contributed by atoms with Gasteiger partial charge >= 0.3 is 0 Å². The maximum Gasteiger partial charge on any atom is 0.224 e. The molecule has 1 aliphatic rings. The standard InChI is InChI=1S/C15H15N5O/c21-14-9-8-13(15-12(17-14)7-4-10-16-15)19-20-18-11-5-2-1-3-6-11/h1-7,10,18,20H,8-9H2,(H,17,21). The highest BCUT2D eigenvalue weighted by atomic mass is 16.1. The first-order valence-electron chi connectivity index (χ1n) is 6.71. The lowest BCUT2D eigenvalue weighted by molar-refractivity contribution is -0.116. The number of anilines is 2.